The van der Waals surface area contributed by atoms with Gasteiger partial charge in [-0.15, -0.1) is 0 Å². The van der Waals surface area contributed by atoms with Crippen LogP contribution in [0.2, 0.25) is 0 Å². The Hall–Kier alpha value is -0.530. The standard InChI is InChI=1S/C15H29NO/c1-4-17-15-12-8-7-11-14(16-15)10-6-5-9-13(2)3/h13-14H,4-12H2,1-3H3. The van der Waals surface area contributed by atoms with Gasteiger partial charge in [0.15, 0.2) is 5.90 Å². The summed E-state index contributed by atoms with van der Waals surface area (Å²) in [6.07, 6.45) is 10.2. The van der Waals surface area contributed by atoms with Crippen molar-refractivity contribution in [1.29, 1.82) is 0 Å². The number of ether oxygens (including phenoxy) is 1. The quantitative estimate of drug-likeness (QED) is 0.622. The number of nitrogens with zero attached hydrogens (tertiary/aromatic N) is 1. The van der Waals surface area contributed by atoms with E-state index in [2.05, 4.69) is 13.8 Å². The van der Waals surface area contributed by atoms with Gasteiger partial charge in [-0.2, -0.15) is 0 Å². The maximum Gasteiger partial charge on any atom is 0.183 e. The molecule has 0 radical (unpaired) electrons. The summed E-state index contributed by atoms with van der Waals surface area (Å²) < 4.78 is 5.59. The average molecular weight is 239 g/mol. The minimum Gasteiger partial charge on any atom is -0.481 e. The van der Waals surface area contributed by atoms with Gasteiger partial charge in [-0.05, 0) is 32.1 Å². The number of aliphatic imine (C=N–C) groups is 1. The summed E-state index contributed by atoms with van der Waals surface area (Å²) in [4.78, 5) is 4.78. The predicted molar refractivity (Wildman–Crippen MR) is 74.6 cm³/mol. The molecule has 0 aliphatic carbocycles. The molecule has 1 aliphatic heterocycles. The summed E-state index contributed by atoms with van der Waals surface area (Å²) in [6.45, 7) is 7.41. The number of hydrogen-bond acceptors (Lipinski definition) is 2. The molecule has 0 saturated carbocycles. The second kappa shape index (κ2) is 8.54. The van der Waals surface area contributed by atoms with E-state index in [1.807, 2.05) is 6.92 Å². The molecule has 2 nitrogen and oxygen atoms in total. The highest BCUT2D eigenvalue weighted by atomic mass is 16.5. The van der Waals surface area contributed by atoms with E-state index in [1.54, 1.807) is 0 Å². The topological polar surface area (TPSA) is 21.6 Å². The minimum atomic E-state index is 0.534. The van der Waals surface area contributed by atoms with Crippen LogP contribution in [0.1, 0.15) is 72.1 Å². The lowest BCUT2D eigenvalue weighted by Crippen LogP contribution is -2.09. The van der Waals surface area contributed by atoms with E-state index in [0.29, 0.717) is 6.04 Å². The zero-order valence-electron chi connectivity index (χ0n) is 11.9. The van der Waals surface area contributed by atoms with Crippen LogP contribution in [0.4, 0.5) is 0 Å². The van der Waals surface area contributed by atoms with Gasteiger partial charge < -0.3 is 4.74 Å². The Balaban J connectivity index is 2.27. The van der Waals surface area contributed by atoms with Crippen molar-refractivity contribution in [2.24, 2.45) is 10.9 Å². The predicted octanol–water partition coefficient (Wildman–Crippen LogP) is 4.58. The Bertz CT molecular complexity index is 223. The highest BCUT2D eigenvalue weighted by molar-refractivity contribution is 5.76. The van der Waals surface area contributed by atoms with Gasteiger partial charge in [-0.3, -0.25) is 4.99 Å². The normalized spacial score (nSPS) is 21.2. The summed E-state index contributed by atoms with van der Waals surface area (Å²) in [5, 5.41) is 0. The van der Waals surface area contributed by atoms with Crippen LogP contribution >= 0.6 is 0 Å². The summed E-state index contributed by atoms with van der Waals surface area (Å²) in [6, 6.07) is 0.534. The second-order valence-electron chi connectivity index (χ2n) is 5.53. The molecule has 0 fully saturated rings. The van der Waals surface area contributed by atoms with Crippen LogP contribution in [0, 0.1) is 5.92 Å². The zero-order chi connectivity index (χ0) is 12.5. The van der Waals surface area contributed by atoms with E-state index in [0.717, 1.165) is 24.8 Å². The zero-order valence-corrected chi connectivity index (χ0v) is 11.9. The van der Waals surface area contributed by atoms with Crippen molar-refractivity contribution in [3.8, 4) is 0 Å². The molecule has 2 heteroatoms. The Morgan fingerprint density at radius 3 is 2.82 bits per heavy atom. The molecule has 1 unspecified atom stereocenters. The highest BCUT2D eigenvalue weighted by Crippen LogP contribution is 2.20. The maximum absolute atomic E-state index is 5.59. The molecule has 0 bridgehead atoms. The highest BCUT2D eigenvalue weighted by Gasteiger charge is 2.13. The fourth-order valence-corrected chi connectivity index (χ4v) is 2.41. The van der Waals surface area contributed by atoms with Crippen LogP contribution in [0.3, 0.4) is 0 Å². The molecule has 1 atom stereocenters. The van der Waals surface area contributed by atoms with Crippen molar-refractivity contribution in [2.75, 3.05) is 6.61 Å². The van der Waals surface area contributed by atoms with Gasteiger partial charge in [0.1, 0.15) is 0 Å². The van der Waals surface area contributed by atoms with Crippen molar-refractivity contribution in [3.63, 3.8) is 0 Å². The number of unbranched alkanes of at least 4 members (excludes halogenated alkanes) is 1. The van der Waals surface area contributed by atoms with Crippen molar-refractivity contribution in [3.05, 3.63) is 0 Å². The lowest BCUT2D eigenvalue weighted by Gasteiger charge is -2.12. The molecular weight excluding hydrogens is 210 g/mol. The van der Waals surface area contributed by atoms with Gasteiger partial charge in [0.05, 0.1) is 12.6 Å². The lowest BCUT2D eigenvalue weighted by atomic mass is 10.0. The molecular formula is C15H29NO. The van der Waals surface area contributed by atoms with E-state index in [9.17, 15) is 0 Å². The molecule has 100 valence electrons. The van der Waals surface area contributed by atoms with Crippen LogP contribution in [0.25, 0.3) is 0 Å². The summed E-state index contributed by atoms with van der Waals surface area (Å²) in [5.74, 6) is 1.85. The molecule has 0 saturated heterocycles. The third-order valence-electron chi connectivity index (χ3n) is 3.38. The maximum atomic E-state index is 5.59. The van der Waals surface area contributed by atoms with Crippen molar-refractivity contribution >= 4 is 5.90 Å². The molecule has 0 aromatic heterocycles. The first kappa shape index (κ1) is 14.5. The third kappa shape index (κ3) is 6.70. The molecule has 1 rings (SSSR count). The van der Waals surface area contributed by atoms with Gasteiger partial charge in [0.2, 0.25) is 0 Å². The molecule has 1 aliphatic rings. The van der Waals surface area contributed by atoms with Crippen LogP contribution in [-0.4, -0.2) is 18.5 Å². The van der Waals surface area contributed by atoms with Gasteiger partial charge in [0.25, 0.3) is 0 Å². The summed E-state index contributed by atoms with van der Waals surface area (Å²) in [7, 11) is 0. The van der Waals surface area contributed by atoms with Gasteiger partial charge >= 0.3 is 0 Å². The third-order valence-corrected chi connectivity index (χ3v) is 3.38. The molecule has 0 N–H and O–H groups in total. The Labute approximate surface area is 107 Å². The molecule has 0 amide bonds. The van der Waals surface area contributed by atoms with Crippen LogP contribution in [-0.2, 0) is 4.74 Å². The summed E-state index contributed by atoms with van der Waals surface area (Å²) in [5.41, 5.74) is 0. The smallest absolute Gasteiger partial charge is 0.183 e. The first-order chi connectivity index (χ1) is 8.22. The fourth-order valence-electron chi connectivity index (χ4n) is 2.41. The second-order valence-corrected chi connectivity index (χ2v) is 5.53. The Morgan fingerprint density at radius 2 is 2.12 bits per heavy atom. The van der Waals surface area contributed by atoms with Gasteiger partial charge in [-0.25, -0.2) is 0 Å². The monoisotopic (exact) mass is 239 g/mol. The summed E-state index contributed by atoms with van der Waals surface area (Å²) >= 11 is 0. The van der Waals surface area contributed by atoms with E-state index in [4.69, 9.17) is 9.73 Å². The number of rotatable bonds is 6. The van der Waals surface area contributed by atoms with Crippen molar-refractivity contribution in [2.45, 2.75) is 78.2 Å². The minimum absolute atomic E-state index is 0.534. The molecule has 17 heavy (non-hydrogen) atoms. The number of hydrogen-bond donors (Lipinski definition) is 0. The van der Waals surface area contributed by atoms with Crippen LogP contribution in [0.5, 0.6) is 0 Å². The van der Waals surface area contributed by atoms with E-state index >= 15 is 0 Å². The molecule has 0 aromatic rings. The SMILES string of the molecule is CCOC1=NC(CCCCC(C)C)CCCC1. The average Bonchev–Trinajstić information content (AvgIpc) is 2.50. The molecule has 0 spiro atoms. The van der Waals surface area contributed by atoms with Gasteiger partial charge in [-0.1, -0.05) is 39.5 Å². The van der Waals surface area contributed by atoms with Crippen LogP contribution in [0.15, 0.2) is 4.99 Å². The van der Waals surface area contributed by atoms with Crippen molar-refractivity contribution < 1.29 is 4.74 Å². The first-order valence-corrected chi connectivity index (χ1v) is 7.41. The fraction of sp³-hybridized carbons (Fsp3) is 0.933. The largest absolute Gasteiger partial charge is 0.481 e. The Kier molecular flexibility index (Phi) is 7.30. The van der Waals surface area contributed by atoms with E-state index < -0.39 is 0 Å². The first-order valence-electron chi connectivity index (χ1n) is 7.41. The van der Waals surface area contributed by atoms with E-state index in [-0.39, 0.29) is 0 Å². The van der Waals surface area contributed by atoms with Crippen LogP contribution < -0.4 is 0 Å². The molecule has 0 aromatic carbocycles. The van der Waals surface area contributed by atoms with E-state index in [1.165, 1.54) is 44.9 Å². The lowest BCUT2D eigenvalue weighted by molar-refractivity contribution is 0.314. The van der Waals surface area contributed by atoms with Crippen molar-refractivity contribution in [1.82, 2.24) is 0 Å². The molecule has 1 heterocycles. The van der Waals surface area contributed by atoms with Gasteiger partial charge in [0, 0.05) is 6.42 Å². The Morgan fingerprint density at radius 1 is 1.29 bits per heavy atom.